The van der Waals surface area contributed by atoms with Crippen LogP contribution in [0.3, 0.4) is 0 Å². The number of rotatable bonds is 1. The van der Waals surface area contributed by atoms with Crippen molar-refractivity contribution in [2.45, 2.75) is 51.4 Å². The molecule has 6 heteroatoms. The van der Waals surface area contributed by atoms with Gasteiger partial charge in [0.1, 0.15) is 5.41 Å². The number of carbonyl (C=O) groups is 2. The molecule has 148 valence electrons. The van der Waals surface area contributed by atoms with Gasteiger partial charge < -0.3 is 19.3 Å². The molecular formula is C21H28O6. The van der Waals surface area contributed by atoms with E-state index in [1.807, 2.05) is 0 Å². The molecule has 0 unspecified atom stereocenters. The summed E-state index contributed by atoms with van der Waals surface area (Å²) < 4.78 is 17.4. The molecule has 0 aromatic heterocycles. The van der Waals surface area contributed by atoms with E-state index in [0.29, 0.717) is 25.0 Å². The summed E-state index contributed by atoms with van der Waals surface area (Å²) in [7, 11) is 1.66. The summed E-state index contributed by atoms with van der Waals surface area (Å²) in [5.74, 6) is -1.10. The zero-order valence-electron chi connectivity index (χ0n) is 16.0. The number of methoxy groups -OCH3 is 1. The second-order valence-electron chi connectivity index (χ2n) is 9.71. The number of Topliss-reactive ketones (excluding diaryl/α,β-unsaturated/α-hetero) is 1. The number of allylic oxidation sites excluding steroid dienone is 1. The van der Waals surface area contributed by atoms with E-state index in [-0.39, 0.29) is 41.7 Å². The highest BCUT2D eigenvalue weighted by Gasteiger charge is 2.76. The Morgan fingerprint density at radius 2 is 2.00 bits per heavy atom. The molecule has 2 spiro atoms. The monoisotopic (exact) mass is 376 g/mol. The topological polar surface area (TPSA) is 82.1 Å². The smallest absolute Gasteiger partial charge is 0.320 e. The van der Waals surface area contributed by atoms with Crippen LogP contribution in [-0.2, 0) is 23.8 Å². The maximum atomic E-state index is 13.3. The summed E-state index contributed by atoms with van der Waals surface area (Å²) in [5.41, 5.74) is -1.37. The van der Waals surface area contributed by atoms with Gasteiger partial charge in [-0.15, -0.1) is 0 Å². The minimum absolute atomic E-state index is 0.0267. The van der Waals surface area contributed by atoms with Crippen molar-refractivity contribution in [2.24, 2.45) is 34.0 Å². The number of esters is 1. The molecule has 0 amide bonds. The third kappa shape index (κ3) is 1.92. The molecule has 2 saturated heterocycles. The van der Waals surface area contributed by atoms with Crippen molar-refractivity contribution in [3.63, 3.8) is 0 Å². The molecule has 5 aliphatic rings. The number of ketones is 1. The first kappa shape index (κ1) is 17.8. The molecule has 0 aromatic carbocycles. The lowest BCUT2D eigenvalue weighted by Crippen LogP contribution is -2.67. The van der Waals surface area contributed by atoms with Gasteiger partial charge in [-0.2, -0.15) is 0 Å². The highest BCUT2D eigenvalue weighted by atomic mass is 16.6. The number of carbonyl (C=O) groups excluding carboxylic acids is 2. The van der Waals surface area contributed by atoms with Gasteiger partial charge in [-0.3, -0.25) is 9.59 Å². The van der Waals surface area contributed by atoms with Gasteiger partial charge >= 0.3 is 5.97 Å². The van der Waals surface area contributed by atoms with Gasteiger partial charge in [-0.25, -0.2) is 0 Å². The Morgan fingerprint density at radius 3 is 2.74 bits per heavy atom. The quantitative estimate of drug-likeness (QED) is 0.427. The van der Waals surface area contributed by atoms with Gasteiger partial charge in [-0.05, 0) is 42.6 Å². The van der Waals surface area contributed by atoms with Crippen molar-refractivity contribution < 1.29 is 28.9 Å². The Hall–Kier alpha value is -1.24. The van der Waals surface area contributed by atoms with Crippen LogP contribution in [0.4, 0.5) is 0 Å². The van der Waals surface area contributed by atoms with Gasteiger partial charge in [-0.1, -0.05) is 19.9 Å². The summed E-state index contributed by atoms with van der Waals surface area (Å²) >= 11 is 0. The van der Waals surface area contributed by atoms with Crippen LogP contribution < -0.4 is 0 Å². The first-order valence-corrected chi connectivity index (χ1v) is 10.0. The fraction of sp³-hybridized carbons (Fsp3) is 0.810. The molecule has 2 bridgehead atoms. The average molecular weight is 376 g/mol. The lowest BCUT2D eigenvalue weighted by Gasteiger charge is -2.61. The Balaban J connectivity index is 1.71. The number of fused-ring (bicyclic) bond motifs is 4. The van der Waals surface area contributed by atoms with Gasteiger partial charge in [0.15, 0.2) is 12.1 Å². The highest BCUT2D eigenvalue weighted by Crippen LogP contribution is 2.69. The lowest BCUT2D eigenvalue weighted by atomic mass is 9.44. The Morgan fingerprint density at radius 1 is 1.22 bits per heavy atom. The van der Waals surface area contributed by atoms with Crippen molar-refractivity contribution in [1.82, 2.24) is 0 Å². The molecule has 6 nitrogen and oxygen atoms in total. The molecule has 0 radical (unpaired) electrons. The van der Waals surface area contributed by atoms with E-state index >= 15 is 0 Å². The predicted molar refractivity (Wildman–Crippen MR) is 94.4 cm³/mol. The van der Waals surface area contributed by atoms with Crippen LogP contribution in [0.5, 0.6) is 0 Å². The fourth-order valence-electron chi connectivity index (χ4n) is 7.62. The van der Waals surface area contributed by atoms with E-state index in [9.17, 15) is 14.7 Å². The number of cyclic esters (lactones) is 1. The summed E-state index contributed by atoms with van der Waals surface area (Å²) in [6.45, 7) is 6.88. The van der Waals surface area contributed by atoms with Crippen LogP contribution in [0.25, 0.3) is 0 Å². The third-order valence-electron chi connectivity index (χ3n) is 8.57. The molecule has 2 aliphatic heterocycles. The van der Waals surface area contributed by atoms with E-state index in [1.54, 1.807) is 7.11 Å². The minimum Gasteiger partial charge on any atom is -0.464 e. The predicted octanol–water partition coefficient (Wildman–Crippen LogP) is 1.85. The third-order valence-corrected chi connectivity index (χ3v) is 8.57. The number of hydrogen-bond acceptors (Lipinski definition) is 6. The van der Waals surface area contributed by atoms with Crippen LogP contribution >= 0.6 is 0 Å². The first-order chi connectivity index (χ1) is 12.8. The van der Waals surface area contributed by atoms with Crippen LogP contribution in [0, 0.1) is 34.0 Å². The number of ether oxygens (including phenoxy) is 3. The Kier molecular flexibility index (Phi) is 3.58. The first-order valence-electron chi connectivity index (χ1n) is 10.0. The molecule has 3 saturated carbocycles. The fourth-order valence-corrected chi connectivity index (χ4v) is 7.62. The van der Waals surface area contributed by atoms with E-state index in [2.05, 4.69) is 13.5 Å². The summed E-state index contributed by atoms with van der Waals surface area (Å²) in [6.07, 6.45) is 2.76. The second kappa shape index (κ2) is 5.43. The van der Waals surface area contributed by atoms with Gasteiger partial charge in [0.2, 0.25) is 0 Å². The molecule has 27 heavy (non-hydrogen) atoms. The average Bonchev–Trinajstić information content (AvgIpc) is 3.07. The van der Waals surface area contributed by atoms with Crippen LogP contribution in [0.15, 0.2) is 12.2 Å². The molecule has 3 aliphatic carbocycles. The number of aliphatic hydroxyl groups is 1. The zero-order valence-corrected chi connectivity index (χ0v) is 16.0. The number of hydrogen-bond donors (Lipinski definition) is 1. The van der Waals surface area contributed by atoms with E-state index in [4.69, 9.17) is 14.2 Å². The molecule has 5 fully saturated rings. The summed E-state index contributed by atoms with van der Waals surface area (Å²) in [5, 5.41) is 10.8. The second-order valence-corrected chi connectivity index (χ2v) is 9.71. The van der Waals surface area contributed by atoms with E-state index in [1.165, 1.54) is 0 Å². The van der Waals surface area contributed by atoms with Crippen molar-refractivity contribution in [3.05, 3.63) is 12.2 Å². The SMILES string of the molecule is C=C1C(=O)[C@]23C[C@H]1C[C@@H](OC)[C@H]2[C@]1(CCC[C@@]2(C)CO[C@H](O)[C@H]21)COC3=O. The van der Waals surface area contributed by atoms with Crippen molar-refractivity contribution in [2.75, 3.05) is 20.3 Å². The molecular weight excluding hydrogens is 348 g/mol. The zero-order chi connectivity index (χ0) is 19.2. The van der Waals surface area contributed by atoms with Crippen molar-refractivity contribution in [3.8, 4) is 0 Å². The lowest BCUT2D eigenvalue weighted by molar-refractivity contribution is -0.243. The molecule has 2 heterocycles. The van der Waals surface area contributed by atoms with Crippen molar-refractivity contribution in [1.29, 1.82) is 0 Å². The van der Waals surface area contributed by atoms with Crippen LogP contribution in [-0.4, -0.2) is 49.6 Å². The van der Waals surface area contributed by atoms with Gasteiger partial charge in [0, 0.05) is 24.4 Å². The largest absolute Gasteiger partial charge is 0.464 e. The molecule has 0 aromatic rings. The van der Waals surface area contributed by atoms with Crippen LogP contribution in [0.2, 0.25) is 0 Å². The summed E-state index contributed by atoms with van der Waals surface area (Å²) in [6, 6.07) is 0. The standard InChI is InChI=1S/C21H28O6/c1-11-12-7-13(25-3)14-20(10-27-18(24)21(14,8-12)16(11)22)6-4-5-19(2)9-26-17(23)15(19)20/h12-15,17,23H,1,4-10H2,2-3H3/t12-,13-,14+,15-,17+,19+,20+,21+/m1/s1. The maximum absolute atomic E-state index is 13.3. The Labute approximate surface area is 159 Å². The summed E-state index contributed by atoms with van der Waals surface area (Å²) in [4.78, 5) is 26.4. The van der Waals surface area contributed by atoms with Gasteiger partial charge in [0.25, 0.3) is 0 Å². The molecule has 8 atom stereocenters. The number of aliphatic hydroxyl groups excluding tert-OH is 1. The van der Waals surface area contributed by atoms with E-state index in [0.717, 1.165) is 19.3 Å². The van der Waals surface area contributed by atoms with Crippen molar-refractivity contribution >= 4 is 11.8 Å². The van der Waals surface area contributed by atoms with Crippen LogP contribution in [0.1, 0.15) is 39.0 Å². The highest BCUT2D eigenvalue weighted by molar-refractivity contribution is 6.15. The molecule has 1 N–H and O–H groups in total. The normalized spacial score (nSPS) is 54.0. The Bertz CT molecular complexity index is 728. The maximum Gasteiger partial charge on any atom is 0.320 e. The van der Waals surface area contributed by atoms with E-state index < -0.39 is 23.1 Å². The van der Waals surface area contributed by atoms with Gasteiger partial charge in [0.05, 0.1) is 19.3 Å². The minimum atomic E-state index is -1.21. The molecule has 5 rings (SSSR count).